The monoisotopic (exact) mass is 500 g/mol. The SMILES string of the molecule is Cc1c(F)c(Nc2c([N+](=O)[O-])cc([N+](=O)[O-])cc2C(F)(F)F)c(F)c(Br)c1[N+](=O)[O-]. The van der Waals surface area contributed by atoms with Crippen molar-refractivity contribution in [2.24, 2.45) is 0 Å². The van der Waals surface area contributed by atoms with Crippen molar-refractivity contribution in [2.45, 2.75) is 13.1 Å². The van der Waals surface area contributed by atoms with E-state index in [1.807, 2.05) is 0 Å². The van der Waals surface area contributed by atoms with E-state index in [-0.39, 0.29) is 12.1 Å². The van der Waals surface area contributed by atoms with Gasteiger partial charge in [0.25, 0.3) is 17.1 Å². The predicted octanol–water partition coefficient (Wildman–Crippen LogP) is 5.52. The molecule has 0 fully saturated rings. The minimum absolute atomic E-state index is 0.0571. The molecule has 0 aliphatic rings. The maximum absolute atomic E-state index is 14.5. The van der Waals surface area contributed by atoms with Gasteiger partial charge in [-0.2, -0.15) is 13.2 Å². The normalized spacial score (nSPS) is 11.3. The molecule has 2 aromatic rings. The van der Waals surface area contributed by atoms with Gasteiger partial charge in [-0.3, -0.25) is 30.3 Å². The maximum atomic E-state index is 14.5. The molecule has 0 saturated carbocycles. The largest absolute Gasteiger partial charge is 0.418 e. The first kappa shape index (κ1) is 22.9. The summed E-state index contributed by atoms with van der Waals surface area (Å²) in [5.41, 5.74) is -9.43. The summed E-state index contributed by atoms with van der Waals surface area (Å²) < 4.78 is 68.3. The molecular weight excluding hydrogens is 495 g/mol. The molecule has 2 aromatic carbocycles. The molecule has 0 spiro atoms. The number of hydrogen-bond acceptors (Lipinski definition) is 7. The van der Waals surface area contributed by atoms with Crippen LogP contribution in [-0.2, 0) is 6.18 Å². The Balaban J connectivity index is 2.89. The van der Waals surface area contributed by atoms with Crippen LogP contribution in [0.2, 0.25) is 0 Å². The number of alkyl halides is 3. The van der Waals surface area contributed by atoms with Crippen LogP contribution >= 0.6 is 15.9 Å². The van der Waals surface area contributed by atoms with Gasteiger partial charge in [0, 0.05) is 6.07 Å². The Morgan fingerprint density at radius 2 is 1.50 bits per heavy atom. The standard InChI is InChI=1S/C14H6BrF5N4O6/c1-4-9(16)12(10(17)8(15)13(4)24(29)30)21-11-6(14(18,19)20)2-5(22(25)26)3-7(11)23(27)28/h2-3,21H,1H3. The maximum Gasteiger partial charge on any atom is 0.418 e. The summed E-state index contributed by atoms with van der Waals surface area (Å²) in [6.45, 7) is 0.831. The Bertz CT molecular complexity index is 1080. The van der Waals surface area contributed by atoms with Crippen LogP contribution in [0.1, 0.15) is 11.1 Å². The van der Waals surface area contributed by atoms with Crippen molar-refractivity contribution in [3.05, 3.63) is 69.7 Å². The van der Waals surface area contributed by atoms with Gasteiger partial charge in [0.15, 0.2) is 11.6 Å². The smallest absolute Gasteiger partial charge is 0.345 e. The molecule has 10 nitrogen and oxygen atoms in total. The van der Waals surface area contributed by atoms with Gasteiger partial charge in [0.05, 0.1) is 32.0 Å². The van der Waals surface area contributed by atoms with Gasteiger partial charge in [-0.15, -0.1) is 0 Å². The third-order valence-electron chi connectivity index (χ3n) is 3.77. The van der Waals surface area contributed by atoms with Gasteiger partial charge >= 0.3 is 6.18 Å². The zero-order chi connectivity index (χ0) is 23.1. The number of rotatable bonds is 5. The molecule has 0 unspecified atom stereocenters. The van der Waals surface area contributed by atoms with Crippen LogP contribution in [0.15, 0.2) is 16.6 Å². The number of hydrogen-bond donors (Lipinski definition) is 1. The highest BCUT2D eigenvalue weighted by atomic mass is 79.9. The Hall–Kier alpha value is -3.43. The van der Waals surface area contributed by atoms with Crippen LogP contribution in [0.4, 0.5) is 50.4 Å². The van der Waals surface area contributed by atoms with Gasteiger partial charge in [0.2, 0.25) is 0 Å². The molecular formula is C14H6BrF5N4O6. The number of anilines is 2. The lowest BCUT2D eigenvalue weighted by molar-refractivity contribution is -0.394. The number of non-ortho nitro benzene ring substituents is 1. The fourth-order valence-corrected chi connectivity index (χ4v) is 3.07. The molecule has 0 saturated heterocycles. The second kappa shape index (κ2) is 7.77. The van der Waals surface area contributed by atoms with Gasteiger partial charge < -0.3 is 5.32 Å². The van der Waals surface area contributed by atoms with Crippen molar-refractivity contribution < 1.29 is 36.7 Å². The quantitative estimate of drug-likeness (QED) is 0.246. The third kappa shape index (κ3) is 3.98. The molecule has 0 aliphatic heterocycles. The fourth-order valence-electron chi connectivity index (χ4n) is 2.43. The molecule has 2 rings (SSSR count). The lowest BCUT2D eigenvalue weighted by Gasteiger charge is -2.17. The summed E-state index contributed by atoms with van der Waals surface area (Å²) in [4.78, 5) is 29.1. The van der Waals surface area contributed by atoms with Gasteiger partial charge in [-0.05, 0) is 22.9 Å². The Morgan fingerprint density at radius 1 is 0.933 bits per heavy atom. The lowest BCUT2D eigenvalue weighted by Crippen LogP contribution is -2.13. The van der Waals surface area contributed by atoms with Crippen molar-refractivity contribution in [1.29, 1.82) is 0 Å². The highest BCUT2D eigenvalue weighted by Gasteiger charge is 2.40. The number of nitrogens with one attached hydrogen (secondary N) is 1. The van der Waals surface area contributed by atoms with E-state index in [9.17, 15) is 52.3 Å². The van der Waals surface area contributed by atoms with E-state index in [4.69, 9.17) is 0 Å². The van der Waals surface area contributed by atoms with E-state index >= 15 is 0 Å². The number of nitrogens with zero attached hydrogens (tertiary/aromatic N) is 3. The Morgan fingerprint density at radius 3 is 1.93 bits per heavy atom. The highest BCUT2D eigenvalue weighted by molar-refractivity contribution is 9.10. The Labute approximate surface area is 169 Å². The summed E-state index contributed by atoms with van der Waals surface area (Å²) in [6.07, 6.45) is -5.40. The first-order valence-corrected chi connectivity index (χ1v) is 8.10. The van der Waals surface area contributed by atoms with Crippen LogP contribution in [0, 0.1) is 48.9 Å². The molecule has 0 heterocycles. The molecule has 0 aromatic heterocycles. The summed E-state index contributed by atoms with van der Waals surface area (Å²) in [5, 5.41) is 34.6. The molecule has 0 bridgehead atoms. The molecule has 1 N–H and O–H groups in total. The summed E-state index contributed by atoms with van der Waals surface area (Å²) in [7, 11) is 0. The second-order valence-corrected chi connectivity index (χ2v) is 6.37. The number of nitro groups is 3. The van der Waals surface area contributed by atoms with Crippen LogP contribution in [-0.4, -0.2) is 14.8 Å². The number of benzene rings is 2. The molecule has 0 amide bonds. The minimum atomic E-state index is -5.40. The summed E-state index contributed by atoms with van der Waals surface area (Å²) in [5.74, 6) is -3.44. The van der Waals surface area contributed by atoms with Crippen molar-refractivity contribution in [3.8, 4) is 0 Å². The average Bonchev–Trinajstić information content (AvgIpc) is 2.61. The van der Waals surface area contributed by atoms with Gasteiger partial charge in [-0.25, -0.2) is 8.78 Å². The first-order chi connectivity index (χ1) is 13.7. The van der Waals surface area contributed by atoms with Crippen molar-refractivity contribution in [1.82, 2.24) is 0 Å². The second-order valence-electron chi connectivity index (χ2n) is 5.57. The summed E-state index contributed by atoms with van der Waals surface area (Å²) >= 11 is 2.50. The van der Waals surface area contributed by atoms with Crippen molar-refractivity contribution >= 4 is 44.4 Å². The van der Waals surface area contributed by atoms with E-state index in [0.29, 0.717) is 0 Å². The lowest BCUT2D eigenvalue weighted by atomic mass is 10.1. The van der Waals surface area contributed by atoms with Gasteiger partial charge in [0.1, 0.15) is 15.8 Å². The topological polar surface area (TPSA) is 141 Å². The van der Waals surface area contributed by atoms with Crippen LogP contribution in [0.3, 0.4) is 0 Å². The zero-order valence-corrected chi connectivity index (χ0v) is 15.8. The molecule has 160 valence electrons. The number of nitro benzene ring substituents is 3. The van der Waals surface area contributed by atoms with Gasteiger partial charge in [-0.1, -0.05) is 0 Å². The molecule has 0 atom stereocenters. The highest BCUT2D eigenvalue weighted by Crippen LogP contribution is 2.46. The Kier molecular flexibility index (Phi) is 5.92. The average molecular weight is 501 g/mol. The van der Waals surface area contributed by atoms with Crippen LogP contribution in [0.25, 0.3) is 0 Å². The first-order valence-electron chi connectivity index (χ1n) is 7.30. The van der Waals surface area contributed by atoms with E-state index in [2.05, 4.69) is 15.9 Å². The third-order valence-corrected chi connectivity index (χ3v) is 4.50. The van der Waals surface area contributed by atoms with E-state index in [1.54, 1.807) is 5.32 Å². The fraction of sp³-hybridized carbons (Fsp3) is 0.143. The zero-order valence-electron chi connectivity index (χ0n) is 14.2. The number of halogens is 6. The van der Waals surface area contributed by atoms with Crippen LogP contribution < -0.4 is 5.32 Å². The molecule has 16 heteroatoms. The predicted molar refractivity (Wildman–Crippen MR) is 93.5 cm³/mol. The van der Waals surface area contributed by atoms with Crippen molar-refractivity contribution in [2.75, 3.05) is 5.32 Å². The van der Waals surface area contributed by atoms with E-state index in [1.165, 1.54) is 0 Å². The molecule has 0 radical (unpaired) electrons. The van der Waals surface area contributed by atoms with E-state index in [0.717, 1.165) is 6.92 Å². The van der Waals surface area contributed by atoms with Crippen LogP contribution in [0.5, 0.6) is 0 Å². The molecule has 30 heavy (non-hydrogen) atoms. The summed E-state index contributed by atoms with van der Waals surface area (Å²) in [6, 6.07) is 0.110. The minimum Gasteiger partial charge on any atom is -0.345 e. The van der Waals surface area contributed by atoms with E-state index < -0.39 is 76.6 Å². The van der Waals surface area contributed by atoms with Crippen molar-refractivity contribution in [3.63, 3.8) is 0 Å². The molecule has 0 aliphatic carbocycles.